The standard InChI is InChI=1S/C16H24N2O2/c1-2-3-4-5-10-20-13-16(19)12-18-15-8-6-14(11-17)7-9-15/h6-9,16,18-19H,2-5,10,12-13H2,1H3. The Kier molecular flexibility index (Phi) is 8.44. The first-order valence-electron chi connectivity index (χ1n) is 7.26. The summed E-state index contributed by atoms with van der Waals surface area (Å²) in [5, 5.41) is 21.6. The molecule has 1 atom stereocenters. The van der Waals surface area contributed by atoms with Crippen molar-refractivity contribution in [3.8, 4) is 6.07 Å². The van der Waals surface area contributed by atoms with Crippen LogP contribution < -0.4 is 5.32 Å². The highest BCUT2D eigenvalue weighted by Crippen LogP contribution is 2.08. The van der Waals surface area contributed by atoms with E-state index in [0.717, 1.165) is 12.1 Å². The van der Waals surface area contributed by atoms with Gasteiger partial charge in [0.05, 0.1) is 24.3 Å². The Labute approximate surface area is 121 Å². The minimum Gasteiger partial charge on any atom is -0.389 e. The van der Waals surface area contributed by atoms with Crippen molar-refractivity contribution in [2.45, 2.75) is 38.7 Å². The molecule has 0 aliphatic heterocycles. The van der Waals surface area contributed by atoms with Crippen LogP contribution in [0.15, 0.2) is 24.3 Å². The van der Waals surface area contributed by atoms with Crippen molar-refractivity contribution in [2.75, 3.05) is 25.1 Å². The third-order valence-corrected chi connectivity index (χ3v) is 3.01. The molecule has 2 N–H and O–H groups in total. The van der Waals surface area contributed by atoms with E-state index in [2.05, 4.69) is 18.3 Å². The van der Waals surface area contributed by atoms with Gasteiger partial charge in [0, 0.05) is 18.8 Å². The van der Waals surface area contributed by atoms with Crippen molar-refractivity contribution in [1.82, 2.24) is 0 Å². The largest absolute Gasteiger partial charge is 0.389 e. The molecule has 0 heterocycles. The summed E-state index contributed by atoms with van der Waals surface area (Å²) in [6.45, 7) is 3.70. The molecule has 0 radical (unpaired) electrons. The number of nitriles is 1. The van der Waals surface area contributed by atoms with Gasteiger partial charge >= 0.3 is 0 Å². The minimum atomic E-state index is -0.517. The van der Waals surface area contributed by atoms with Gasteiger partial charge in [0.25, 0.3) is 0 Å². The summed E-state index contributed by atoms with van der Waals surface area (Å²) in [5.41, 5.74) is 1.53. The number of unbranched alkanes of at least 4 members (excludes halogenated alkanes) is 3. The molecule has 0 fully saturated rings. The number of hydrogen-bond donors (Lipinski definition) is 2. The van der Waals surface area contributed by atoms with Gasteiger partial charge < -0.3 is 15.2 Å². The van der Waals surface area contributed by atoms with E-state index in [9.17, 15) is 5.11 Å². The van der Waals surface area contributed by atoms with Crippen LogP contribution in [0.25, 0.3) is 0 Å². The first-order chi connectivity index (χ1) is 9.76. The summed E-state index contributed by atoms with van der Waals surface area (Å²) < 4.78 is 5.43. The van der Waals surface area contributed by atoms with Crippen molar-refractivity contribution in [3.63, 3.8) is 0 Å². The second-order valence-electron chi connectivity index (χ2n) is 4.86. The molecule has 0 aliphatic carbocycles. The summed E-state index contributed by atoms with van der Waals surface area (Å²) >= 11 is 0. The van der Waals surface area contributed by atoms with Crippen LogP contribution in [0.2, 0.25) is 0 Å². The zero-order valence-electron chi connectivity index (χ0n) is 12.1. The molecule has 0 amide bonds. The van der Waals surface area contributed by atoms with Gasteiger partial charge in [-0.1, -0.05) is 26.2 Å². The topological polar surface area (TPSA) is 65.3 Å². The summed E-state index contributed by atoms with van der Waals surface area (Å²) in [6.07, 6.45) is 4.19. The molecule has 1 aromatic carbocycles. The molecule has 20 heavy (non-hydrogen) atoms. The molecule has 1 unspecified atom stereocenters. The van der Waals surface area contributed by atoms with Gasteiger partial charge in [0.2, 0.25) is 0 Å². The van der Waals surface area contributed by atoms with Crippen LogP contribution in [-0.4, -0.2) is 31.0 Å². The monoisotopic (exact) mass is 276 g/mol. The average Bonchev–Trinajstić information content (AvgIpc) is 2.49. The van der Waals surface area contributed by atoms with Gasteiger partial charge in [0.15, 0.2) is 0 Å². The summed E-state index contributed by atoms with van der Waals surface area (Å²) in [7, 11) is 0. The van der Waals surface area contributed by atoms with Crippen molar-refractivity contribution < 1.29 is 9.84 Å². The Hall–Kier alpha value is -1.57. The van der Waals surface area contributed by atoms with E-state index in [4.69, 9.17) is 10.00 Å². The fourth-order valence-electron chi connectivity index (χ4n) is 1.81. The Morgan fingerprint density at radius 2 is 2.00 bits per heavy atom. The molecule has 4 nitrogen and oxygen atoms in total. The number of aliphatic hydroxyl groups is 1. The van der Waals surface area contributed by atoms with Crippen LogP contribution in [0.3, 0.4) is 0 Å². The van der Waals surface area contributed by atoms with Gasteiger partial charge in [-0.15, -0.1) is 0 Å². The third kappa shape index (κ3) is 7.13. The van der Waals surface area contributed by atoms with Crippen LogP contribution >= 0.6 is 0 Å². The number of hydrogen-bond acceptors (Lipinski definition) is 4. The molecule has 0 bridgehead atoms. The predicted octanol–water partition coefficient (Wildman–Crippen LogP) is 2.93. The van der Waals surface area contributed by atoms with Crippen molar-refractivity contribution >= 4 is 5.69 Å². The zero-order valence-corrected chi connectivity index (χ0v) is 12.1. The van der Waals surface area contributed by atoms with E-state index in [1.54, 1.807) is 12.1 Å². The van der Waals surface area contributed by atoms with E-state index in [-0.39, 0.29) is 0 Å². The van der Waals surface area contributed by atoms with Crippen molar-refractivity contribution in [1.29, 1.82) is 5.26 Å². The lowest BCUT2D eigenvalue weighted by atomic mass is 10.2. The highest BCUT2D eigenvalue weighted by molar-refractivity contribution is 5.47. The van der Waals surface area contributed by atoms with Crippen LogP contribution in [0.4, 0.5) is 5.69 Å². The number of rotatable bonds is 10. The first-order valence-corrected chi connectivity index (χ1v) is 7.26. The molecule has 0 aromatic heterocycles. The summed E-state index contributed by atoms with van der Waals surface area (Å²) in [6, 6.07) is 9.23. The molecule has 110 valence electrons. The molecule has 1 aromatic rings. The van der Waals surface area contributed by atoms with Gasteiger partial charge in [-0.2, -0.15) is 5.26 Å². The Bertz CT molecular complexity index is 398. The number of ether oxygens (including phenoxy) is 1. The van der Waals surface area contributed by atoms with E-state index < -0.39 is 6.10 Å². The second kappa shape index (κ2) is 10.2. The number of nitrogens with one attached hydrogen (secondary N) is 1. The van der Waals surface area contributed by atoms with Gasteiger partial charge in [-0.05, 0) is 30.7 Å². The molecule has 1 rings (SSSR count). The Morgan fingerprint density at radius 1 is 1.25 bits per heavy atom. The normalized spacial score (nSPS) is 11.8. The molecule has 0 saturated heterocycles. The SMILES string of the molecule is CCCCCCOCC(O)CNc1ccc(C#N)cc1. The highest BCUT2D eigenvalue weighted by Gasteiger charge is 2.04. The fourth-order valence-corrected chi connectivity index (χ4v) is 1.81. The highest BCUT2D eigenvalue weighted by atomic mass is 16.5. The van der Waals surface area contributed by atoms with E-state index in [0.29, 0.717) is 25.3 Å². The summed E-state index contributed by atoms with van der Waals surface area (Å²) in [5.74, 6) is 0. The Balaban J connectivity index is 2.10. The maximum absolute atomic E-state index is 9.77. The predicted molar refractivity (Wildman–Crippen MR) is 80.6 cm³/mol. The number of benzene rings is 1. The summed E-state index contributed by atoms with van der Waals surface area (Å²) in [4.78, 5) is 0. The minimum absolute atomic E-state index is 0.357. The van der Waals surface area contributed by atoms with E-state index in [1.165, 1.54) is 19.3 Å². The molecular weight excluding hydrogens is 252 g/mol. The molecule has 0 saturated carbocycles. The number of nitrogens with zero attached hydrogens (tertiary/aromatic N) is 1. The lowest BCUT2D eigenvalue weighted by Crippen LogP contribution is -2.25. The van der Waals surface area contributed by atoms with Crippen LogP contribution in [0.1, 0.15) is 38.2 Å². The number of aliphatic hydroxyl groups excluding tert-OH is 1. The van der Waals surface area contributed by atoms with Crippen LogP contribution in [0.5, 0.6) is 0 Å². The first kappa shape index (κ1) is 16.5. The number of anilines is 1. The lowest BCUT2D eigenvalue weighted by molar-refractivity contribution is 0.0417. The van der Waals surface area contributed by atoms with Crippen LogP contribution in [-0.2, 0) is 4.74 Å². The average molecular weight is 276 g/mol. The zero-order chi connectivity index (χ0) is 14.6. The molecular formula is C16H24N2O2. The molecule has 0 spiro atoms. The second-order valence-corrected chi connectivity index (χ2v) is 4.86. The fraction of sp³-hybridized carbons (Fsp3) is 0.562. The third-order valence-electron chi connectivity index (χ3n) is 3.01. The van der Waals surface area contributed by atoms with Gasteiger partial charge in [-0.3, -0.25) is 0 Å². The van der Waals surface area contributed by atoms with Crippen molar-refractivity contribution in [2.24, 2.45) is 0 Å². The van der Waals surface area contributed by atoms with Crippen LogP contribution in [0, 0.1) is 11.3 Å². The maximum Gasteiger partial charge on any atom is 0.0991 e. The van der Waals surface area contributed by atoms with Crippen molar-refractivity contribution in [3.05, 3.63) is 29.8 Å². The Morgan fingerprint density at radius 3 is 2.65 bits per heavy atom. The van der Waals surface area contributed by atoms with E-state index >= 15 is 0 Å². The van der Waals surface area contributed by atoms with Gasteiger partial charge in [0.1, 0.15) is 0 Å². The van der Waals surface area contributed by atoms with E-state index in [1.807, 2.05) is 12.1 Å². The molecule has 4 heteroatoms. The molecule has 0 aliphatic rings. The quantitative estimate of drug-likeness (QED) is 0.645. The smallest absolute Gasteiger partial charge is 0.0991 e. The van der Waals surface area contributed by atoms with Gasteiger partial charge in [-0.25, -0.2) is 0 Å². The lowest BCUT2D eigenvalue weighted by Gasteiger charge is -2.13. The maximum atomic E-state index is 9.77.